The summed E-state index contributed by atoms with van der Waals surface area (Å²) in [6.45, 7) is 4.78. The number of benzene rings is 1. The van der Waals surface area contributed by atoms with Gasteiger partial charge in [-0.1, -0.05) is 26.0 Å². The van der Waals surface area contributed by atoms with E-state index >= 15 is 0 Å². The fourth-order valence-corrected chi connectivity index (χ4v) is 2.17. The van der Waals surface area contributed by atoms with Gasteiger partial charge in [-0.05, 0) is 37.1 Å². The Hall–Kier alpha value is -1.42. The van der Waals surface area contributed by atoms with Crippen molar-refractivity contribution in [2.45, 2.75) is 38.6 Å². The van der Waals surface area contributed by atoms with Gasteiger partial charge in [0.1, 0.15) is 5.82 Å². The summed E-state index contributed by atoms with van der Waals surface area (Å²) in [4.78, 5) is 11.3. The van der Waals surface area contributed by atoms with Crippen LogP contribution in [0.4, 0.5) is 4.39 Å². The molecule has 0 radical (unpaired) electrons. The van der Waals surface area contributed by atoms with Crippen LogP contribution in [0.3, 0.4) is 0 Å². The molecular formula is C14H21FN2O. The second-order valence-corrected chi connectivity index (χ2v) is 4.52. The predicted octanol–water partition coefficient (Wildman–Crippen LogP) is 2.31. The normalized spacial score (nSPS) is 14.2. The van der Waals surface area contributed by atoms with E-state index in [-0.39, 0.29) is 18.1 Å². The van der Waals surface area contributed by atoms with E-state index in [1.807, 2.05) is 19.9 Å². The lowest BCUT2D eigenvalue weighted by molar-refractivity contribution is -0.119. The molecule has 0 bridgehead atoms. The standard InChI is InChI=1S/C14H21FN2O/c1-3-8-17-14(4-2,10-13(16)18)11-6-5-7-12(15)9-11/h5-7,9,17H,3-4,8,10H2,1-2H3,(H2,16,18). The van der Waals surface area contributed by atoms with Gasteiger partial charge in [-0.25, -0.2) is 4.39 Å². The molecule has 0 spiro atoms. The van der Waals surface area contributed by atoms with Crippen molar-refractivity contribution in [3.8, 4) is 0 Å². The van der Waals surface area contributed by atoms with Gasteiger partial charge in [0.2, 0.25) is 5.91 Å². The second kappa shape index (κ2) is 6.50. The Morgan fingerprint density at radius 3 is 2.67 bits per heavy atom. The lowest BCUT2D eigenvalue weighted by Gasteiger charge is -2.33. The first-order chi connectivity index (χ1) is 8.54. The molecule has 1 amide bonds. The summed E-state index contributed by atoms with van der Waals surface area (Å²) >= 11 is 0. The number of hydrogen-bond donors (Lipinski definition) is 2. The minimum Gasteiger partial charge on any atom is -0.370 e. The van der Waals surface area contributed by atoms with Crippen LogP contribution in [0, 0.1) is 5.82 Å². The number of amides is 1. The molecule has 1 atom stereocenters. The Kier molecular flexibility index (Phi) is 5.28. The summed E-state index contributed by atoms with van der Waals surface area (Å²) in [5, 5.41) is 3.34. The smallest absolute Gasteiger partial charge is 0.219 e. The van der Waals surface area contributed by atoms with Crippen LogP contribution >= 0.6 is 0 Å². The first-order valence-corrected chi connectivity index (χ1v) is 6.33. The molecule has 18 heavy (non-hydrogen) atoms. The Balaban J connectivity index is 3.11. The maximum Gasteiger partial charge on any atom is 0.219 e. The van der Waals surface area contributed by atoms with Crippen molar-refractivity contribution in [1.82, 2.24) is 5.32 Å². The van der Waals surface area contributed by atoms with Crippen LogP contribution in [0.2, 0.25) is 0 Å². The molecule has 1 aromatic rings. The molecule has 100 valence electrons. The van der Waals surface area contributed by atoms with Gasteiger partial charge in [0, 0.05) is 6.42 Å². The molecule has 3 N–H and O–H groups in total. The monoisotopic (exact) mass is 252 g/mol. The number of nitrogens with two attached hydrogens (primary N) is 1. The lowest BCUT2D eigenvalue weighted by Crippen LogP contribution is -2.45. The van der Waals surface area contributed by atoms with Crippen molar-refractivity contribution in [2.75, 3.05) is 6.54 Å². The highest BCUT2D eigenvalue weighted by Gasteiger charge is 2.31. The molecule has 0 aliphatic heterocycles. The van der Waals surface area contributed by atoms with Crippen molar-refractivity contribution in [1.29, 1.82) is 0 Å². The topological polar surface area (TPSA) is 55.1 Å². The van der Waals surface area contributed by atoms with E-state index in [9.17, 15) is 9.18 Å². The second-order valence-electron chi connectivity index (χ2n) is 4.52. The maximum absolute atomic E-state index is 13.3. The van der Waals surface area contributed by atoms with Crippen molar-refractivity contribution >= 4 is 5.91 Å². The molecule has 0 aliphatic carbocycles. The van der Waals surface area contributed by atoms with Crippen LogP contribution in [0.25, 0.3) is 0 Å². The van der Waals surface area contributed by atoms with E-state index in [4.69, 9.17) is 5.73 Å². The van der Waals surface area contributed by atoms with E-state index < -0.39 is 5.54 Å². The number of primary amides is 1. The molecule has 1 unspecified atom stereocenters. The molecule has 0 saturated carbocycles. The number of nitrogens with one attached hydrogen (secondary N) is 1. The van der Waals surface area contributed by atoms with Crippen LogP contribution in [0.5, 0.6) is 0 Å². The van der Waals surface area contributed by atoms with Gasteiger partial charge in [0.15, 0.2) is 0 Å². The molecule has 1 rings (SSSR count). The lowest BCUT2D eigenvalue weighted by atomic mass is 9.83. The largest absolute Gasteiger partial charge is 0.370 e. The van der Waals surface area contributed by atoms with Gasteiger partial charge in [-0.15, -0.1) is 0 Å². The van der Waals surface area contributed by atoms with Gasteiger partial charge < -0.3 is 11.1 Å². The molecule has 4 heteroatoms. The Bertz CT molecular complexity index is 409. The molecule has 0 heterocycles. The molecular weight excluding hydrogens is 231 g/mol. The van der Waals surface area contributed by atoms with E-state index in [1.165, 1.54) is 12.1 Å². The van der Waals surface area contributed by atoms with Gasteiger partial charge in [0.05, 0.1) is 5.54 Å². The van der Waals surface area contributed by atoms with Crippen molar-refractivity contribution < 1.29 is 9.18 Å². The summed E-state index contributed by atoms with van der Waals surface area (Å²) in [6, 6.07) is 6.35. The van der Waals surface area contributed by atoms with Crippen LogP contribution in [0.15, 0.2) is 24.3 Å². The van der Waals surface area contributed by atoms with Gasteiger partial charge in [-0.2, -0.15) is 0 Å². The molecule has 0 saturated heterocycles. The highest BCUT2D eigenvalue weighted by molar-refractivity contribution is 5.75. The number of hydrogen-bond acceptors (Lipinski definition) is 2. The molecule has 1 aromatic carbocycles. The molecule has 3 nitrogen and oxygen atoms in total. The Morgan fingerprint density at radius 1 is 1.44 bits per heavy atom. The third-order valence-corrected chi connectivity index (χ3v) is 3.17. The van der Waals surface area contributed by atoms with Crippen molar-refractivity contribution in [2.24, 2.45) is 5.73 Å². The Morgan fingerprint density at radius 2 is 2.17 bits per heavy atom. The minimum absolute atomic E-state index is 0.174. The number of carbonyl (C=O) groups excluding carboxylic acids is 1. The fraction of sp³-hybridized carbons (Fsp3) is 0.500. The van der Waals surface area contributed by atoms with Crippen molar-refractivity contribution in [3.05, 3.63) is 35.6 Å². The van der Waals surface area contributed by atoms with Crippen LogP contribution < -0.4 is 11.1 Å². The molecule has 0 aromatic heterocycles. The number of carbonyl (C=O) groups is 1. The van der Waals surface area contributed by atoms with Gasteiger partial charge in [0.25, 0.3) is 0 Å². The quantitative estimate of drug-likeness (QED) is 0.782. The Labute approximate surface area is 108 Å². The summed E-state index contributed by atoms with van der Waals surface area (Å²) < 4.78 is 13.3. The highest BCUT2D eigenvalue weighted by Crippen LogP contribution is 2.29. The molecule has 0 aliphatic rings. The van der Waals surface area contributed by atoms with Gasteiger partial charge in [-0.3, -0.25) is 4.79 Å². The first-order valence-electron chi connectivity index (χ1n) is 6.33. The summed E-state index contributed by atoms with van der Waals surface area (Å²) in [5.74, 6) is -0.683. The average Bonchev–Trinajstić information content (AvgIpc) is 2.34. The summed E-state index contributed by atoms with van der Waals surface area (Å²) in [7, 11) is 0. The van der Waals surface area contributed by atoms with E-state index in [2.05, 4.69) is 5.32 Å². The average molecular weight is 252 g/mol. The zero-order valence-electron chi connectivity index (χ0n) is 11.0. The zero-order chi connectivity index (χ0) is 13.6. The van der Waals surface area contributed by atoms with Gasteiger partial charge >= 0.3 is 0 Å². The SMILES string of the molecule is CCCNC(CC)(CC(N)=O)c1cccc(F)c1. The minimum atomic E-state index is -0.566. The van der Waals surface area contributed by atoms with E-state index in [1.54, 1.807) is 6.07 Å². The van der Waals surface area contributed by atoms with Crippen LogP contribution in [0.1, 0.15) is 38.7 Å². The third kappa shape index (κ3) is 3.53. The predicted molar refractivity (Wildman–Crippen MR) is 70.5 cm³/mol. The molecule has 0 fully saturated rings. The first kappa shape index (κ1) is 14.6. The number of rotatable bonds is 7. The summed E-state index contributed by atoms with van der Waals surface area (Å²) in [5.41, 5.74) is 5.54. The maximum atomic E-state index is 13.3. The van der Waals surface area contributed by atoms with Crippen LogP contribution in [-0.4, -0.2) is 12.5 Å². The van der Waals surface area contributed by atoms with Crippen LogP contribution in [-0.2, 0) is 10.3 Å². The summed E-state index contributed by atoms with van der Waals surface area (Å²) in [6.07, 6.45) is 1.79. The van der Waals surface area contributed by atoms with E-state index in [0.29, 0.717) is 6.42 Å². The third-order valence-electron chi connectivity index (χ3n) is 3.17. The fourth-order valence-electron chi connectivity index (χ4n) is 2.17. The number of halogens is 1. The van der Waals surface area contributed by atoms with Crippen molar-refractivity contribution in [3.63, 3.8) is 0 Å². The van der Waals surface area contributed by atoms with E-state index in [0.717, 1.165) is 18.5 Å². The zero-order valence-corrected chi connectivity index (χ0v) is 11.0. The highest BCUT2D eigenvalue weighted by atomic mass is 19.1.